The zero-order valence-corrected chi connectivity index (χ0v) is 15.0. The lowest BCUT2D eigenvalue weighted by Gasteiger charge is -2.17. The van der Waals surface area contributed by atoms with Crippen LogP contribution in [0.25, 0.3) is 0 Å². The number of halogens is 1. The molecule has 0 fully saturated rings. The van der Waals surface area contributed by atoms with Gasteiger partial charge in [-0.1, -0.05) is 77.1 Å². The van der Waals surface area contributed by atoms with Gasteiger partial charge in [-0.2, -0.15) is 0 Å². The van der Waals surface area contributed by atoms with E-state index in [9.17, 15) is 0 Å². The quantitative estimate of drug-likeness (QED) is 0.386. The van der Waals surface area contributed by atoms with E-state index in [0.717, 1.165) is 6.42 Å². The lowest BCUT2D eigenvalue weighted by atomic mass is 9.95. The molecule has 0 bridgehead atoms. The maximum absolute atomic E-state index is 6.06. The maximum Gasteiger partial charge on any atom is 0.0747 e. The van der Waals surface area contributed by atoms with Crippen molar-refractivity contribution in [3.05, 3.63) is 0 Å². The second kappa shape index (κ2) is 14.4. The van der Waals surface area contributed by atoms with Crippen LogP contribution in [0.1, 0.15) is 91.4 Å². The molecule has 0 heterocycles. The molecular weight excluding hydrogens is 298 g/mol. The smallest absolute Gasteiger partial charge is 0.0747 e. The van der Waals surface area contributed by atoms with Gasteiger partial charge in [0.2, 0.25) is 0 Å². The second-order valence-corrected chi connectivity index (χ2v) is 5.72. The first-order chi connectivity index (χ1) is 8.62. The van der Waals surface area contributed by atoms with Crippen molar-refractivity contribution in [2.75, 3.05) is 0 Å². The summed E-state index contributed by atoms with van der Waals surface area (Å²) >= 11 is 0. The minimum atomic E-state index is -0.269. The molecule has 0 aromatic carbocycles. The van der Waals surface area contributed by atoms with Crippen LogP contribution in [-0.2, 0) is 0 Å². The number of hydrogen-bond acceptors (Lipinski definition) is 1. The van der Waals surface area contributed by atoms with E-state index in [1.54, 1.807) is 0 Å². The zero-order valence-electron chi connectivity index (χ0n) is 13.3. The van der Waals surface area contributed by atoms with Crippen LogP contribution < -0.4 is 5.73 Å². The molecule has 1 unspecified atom stereocenters. The Kier molecular flexibility index (Phi) is 16.2. The Morgan fingerprint density at radius 2 is 1.26 bits per heavy atom. The third kappa shape index (κ3) is 15.9. The van der Waals surface area contributed by atoms with E-state index in [1.165, 1.54) is 64.2 Å². The fraction of sp³-hybridized carbons (Fsp3) is 0.882. The van der Waals surface area contributed by atoms with Crippen molar-refractivity contribution in [2.24, 2.45) is 5.73 Å². The first-order valence-electron chi connectivity index (χ1n) is 7.85. The maximum atomic E-state index is 6.06. The first-order valence-corrected chi connectivity index (χ1v) is 7.85. The van der Waals surface area contributed by atoms with E-state index in [4.69, 9.17) is 5.73 Å². The van der Waals surface area contributed by atoms with Gasteiger partial charge in [-0.25, -0.2) is 0 Å². The van der Waals surface area contributed by atoms with Crippen molar-refractivity contribution < 1.29 is 0 Å². The van der Waals surface area contributed by atoms with E-state index in [2.05, 4.69) is 18.8 Å². The van der Waals surface area contributed by atoms with Gasteiger partial charge in [-0.3, -0.25) is 0 Å². The highest BCUT2D eigenvalue weighted by atomic mass is 79.9. The van der Waals surface area contributed by atoms with Crippen molar-refractivity contribution in [1.82, 2.24) is 0 Å². The van der Waals surface area contributed by atoms with Crippen LogP contribution in [0.4, 0.5) is 0 Å². The molecule has 0 aliphatic carbocycles. The van der Waals surface area contributed by atoms with Gasteiger partial charge in [-0.15, -0.1) is 22.9 Å². The van der Waals surface area contributed by atoms with E-state index < -0.39 is 0 Å². The number of unbranched alkanes of at least 4 members (excludes halogenated alkanes) is 9. The normalized spacial score (nSPS) is 13.1. The van der Waals surface area contributed by atoms with Crippen molar-refractivity contribution in [2.45, 2.75) is 96.9 Å². The van der Waals surface area contributed by atoms with Gasteiger partial charge in [0.15, 0.2) is 0 Å². The third-order valence-corrected chi connectivity index (χ3v) is 3.46. The summed E-state index contributed by atoms with van der Waals surface area (Å²) in [7, 11) is 0. The highest BCUT2D eigenvalue weighted by Gasteiger charge is 2.13. The minimum absolute atomic E-state index is 0. The van der Waals surface area contributed by atoms with Crippen LogP contribution in [0.5, 0.6) is 0 Å². The van der Waals surface area contributed by atoms with E-state index in [-0.39, 0.29) is 22.5 Å². The Hall–Kier alpha value is 0.00000000000000000694. The Bertz CT molecular complexity index is 237. The van der Waals surface area contributed by atoms with E-state index >= 15 is 0 Å². The molecule has 0 aliphatic rings. The van der Waals surface area contributed by atoms with Crippen LogP contribution in [0.15, 0.2) is 0 Å². The summed E-state index contributed by atoms with van der Waals surface area (Å²) < 4.78 is 0. The first kappa shape index (κ1) is 21.3. The van der Waals surface area contributed by atoms with Crippen molar-refractivity contribution in [1.29, 1.82) is 0 Å². The van der Waals surface area contributed by atoms with Gasteiger partial charge < -0.3 is 5.73 Å². The summed E-state index contributed by atoms with van der Waals surface area (Å²) in [5, 5.41) is 0. The van der Waals surface area contributed by atoms with E-state index in [0.29, 0.717) is 0 Å². The molecule has 0 radical (unpaired) electrons. The Balaban J connectivity index is 0. The molecule has 0 aromatic rings. The molecule has 2 N–H and O–H groups in total. The summed E-state index contributed by atoms with van der Waals surface area (Å²) in [4.78, 5) is 0. The van der Waals surface area contributed by atoms with Crippen molar-refractivity contribution in [3.63, 3.8) is 0 Å². The summed E-state index contributed by atoms with van der Waals surface area (Å²) in [5.41, 5.74) is 5.79. The van der Waals surface area contributed by atoms with Gasteiger partial charge in [0, 0.05) is 0 Å². The summed E-state index contributed by atoms with van der Waals surface area (Å²) in [6, 6.07) is 0. The fourth-order valence-corrected chi connectivity index (χ4v) is 2.33. The van der Waals surface area contributed by atoms with Crippen molar-refractivity contribution in [3.8, 4) is 11.8 Å². The molecule has 19 heavy (non-hydrogen) atoms. The average molecular weight is 332 g/mol. The molecule has 0 saturated heterocycles. The van der Waals surface area contributed by atoms with Crippen molar-refractivity contribution >= 4 is 17.0 Å². The van der Waals surface area contributed by atoms with Gasteiger partial charge in [0.1, 0.15) is 0 Å². The van der Waals surface area contributed by atoms with Crippen LogP contribution in [0.2, 0.25) is 0 Å². The highest BCUT2D eigenvalue weighted by molar-refractivity contribution is 8.93. The predicted molar refractivity (Wildman–Crippen MR) is 92.8 cm³/mol. The third-order valence-electron chi connectivity index (χ3n) is 3.46. The zero-order chi connectivity index (χ0) is 13.7. The Morgan fingerprint density at radius 3 is 1.68 bits per heavy atom. The molecule has 1 atom stereocenters. The molecule has 2 heteroatoms. The topological polar surface area (TPSA) is 26.0 Å². The Morgan fingerprint density at radius 1 is 0.842 bits per heavy atom. The van der Waals surface area contributed by atoms with Gasteiger partial charge in [0.05, 0.1) is 5.54 Å². The lowest BCUT2D eigenvalue weighted by Crippen LogP contribution is -2.33. The molecule has 1 nitrogen and oxygen atoms in total. The standard InChI is InChI=1S/C17H33N.BrH/c1-4-6-7-8-9-10-11-12-13-14-16-17(3,18)15-5-2;/h4,6-14,16,18H2,1-3H3;1H. The molecule has 0 saturated carbocycles. The lowest BCUT2D eigenvalue weighted by molar-refractivity contribution is 0.490. The number of rotatable bonds is 11. The molecule has 114 valence electrons. The van der Waals surface area contributed by atoms with Crippen LogP contribution in [-0.4, -0.2) is 5.54 Å². The molecule has 0 aromatic heterocycles. The highest BCUT2D eigenvalue weighted by Crippen LogP contribution is 2.14. The predicted octanol–water partition coefficient (Wildman–Crippen LogP) is 5.62. The molecule has 0 aliphatic heterocycles. The van der Waals surface area contributed by atoms with Gasteiger partial charge in [0.25, 0.3) is 0 Å². The molecular formula is C17H34BrN. The van der Waals surface area contributed by atoms with Crippen LogP contribution >= 0.6 is 17.0 Å². The summed E-state index contributed by atoms with van der Waals surface area (Å²) in [5.74, 6) is 6.00. The molecule has 0 rings (SSSR count). The summed E-state index contributed by atoms with van der Waals surface area (Å²) in [6.07, 6.45) is 14.8. The van der Waals surface area contributed by atoms with Crippen LogP contribution in [0.3, 0.4) is 0 Å². The van der Waals surface area contributed by atoms with Crippen LogP contribution in [0, 0.1) is 11.8 Å². The Labute approximate surface area is 131 Å². The minimum Gasteiger partial charge on any atom is -0.315 e. The summed E-state index contributed by atoms with van der Waals surface area (Å²) in [6.45, 7) is 6.18. The average Bonchev–Trinajstić information content (AvgIpc) is 2.31. The molecule has 0 spiro atoms. The fourth-order valence-electron chi connectivity index (χ4n) is 2.33. The monoisotopic (exact) mass is 331 g/mol. The largest absolute Gasteiger partial charge is 0.315 e. The number of nitrogens with two attached hydrogens (primary N) is 1. The van der Waals surface area contributed by atoms with Gasteiger partial charge in [-0.05, 0) is 20.3 Å². The second-order valence-electron chi connectivity index (χ2n) is 5.72. The SMILES string of the molecule is Br.CC#CC(C)(N)CCCCCCCCCCCC. The van der Waals surface area contributed by atoms with E-state index in [1.807, 2.05) is 13.8 Å². The van der Waals surface area contributed by atoms with Gasteiger partial charge >= 0.3 is 0 Å². The number of hydrogen-bond donors (Lipinski definition) is 1. The molecule has 0 amide bonds.